The van der Waals surface area contributed by atoms with Crippen LogP contribution in [0.1, 0.15) is 15.4 Å². The zero-order valence-corrected chi connectivity index (χ0v) is 13.8. The number of nitrogens with one attached hydrogen (secondary N) is 1. The van der Waals surface area contributed by atoms with Crippen LogP contribution in [0.2, 0.25) is 0 Å². The molecule has 2 rings (SSSR count). The standard InChI is InChI=1S/C11H8BrIN2O2S/c1-5-9(10(16)17)18-11(14-5)15-6-2-3-8(13)7(12)4-6/h2-4H,1H3,(H,14,15)(H,16,17). The first kappa shape index (κ1) is 13.8. The van der Waals surface area contributed by atoms with E-state index in [4.69, 9.17) is 5.11 Å². The number of carboxylic acid groups (broad SMARTS) is 1. The zero-order chi connectivity index (χ0) is 13.3. The Hall–Kier alpha value is -0.670. The average molecular weight is 439 g/mol. The highest BCUT2D eigenvalue weighted by Crippen LogP contribution is 2.28. The van der Waals surface area contributed by atoms with Crippen molar-refractivity contribution >= 4 is 66.6 Å². The summed E-state index contributed by atoms with van der Waals surface area (Å²) >= 11 is 6.80. The molecule has 2 N–H and O–H groups in total. The first-order valence-corrected chi connectivity index (χ1v) is 7.59. The number of hydrogen-bond acceptors (Lipinski definition) is 4. The third kappa shape index (κ3) is 3.01. The Balaban J connectivity index is 2.26. The largest absolute Gasteiger partial charge is 0.477 e. The van der Waals surface area contributed by atoms with E-state index in [1.54, 1.807) is 6.92 Å². The van der Waals surface area contributed by atoms with E-state index in [9.17, 15) is 4.79 Å². The van der Waals surface area contributed by atoms with Crippen LogP contribution in [0.25, 0.3) is 0 Å². The number of aromatic nitrogens is 1. The first-order valence-electron chi connectivity index (χ1n) is 4.90. The topological polar surface area (TPSA) is 62.2 Å². The van der Waals surface area contributed by atoms with Crippen LogP contribution in [0.5, 0.6) is 0 Å². The minimum absolute atomic E-state index is 0.266. The normalized spacial score (nSPS) is 10.4. The molecule has 0 radical (unpaired) electrons. The van der Waals surface area contributed by atoms with Crippen LogP contribution >= 0.6 is 49.9 Å². The number of benzene rings is 1. The molecule has 0 aliphatic heterocycles. The predicted molar refractivity (Wildman–Crippen MR) is 84.0 cm³/mol. The number of aromatic carboxylic acids is 1. The Kier molecular flexibility index (Phi) is 4.23. The van der Waals surface area contributed by atoms with Crippen molar-refractivity contribution in [2.75, 3.05) is 5.32 Å². The van der Waals surface area contributed by atoms with Crippen LogP contribution in [0, 0.1) is 10.5 Å². The molecule has 0 aliphatic rings. The molecule has 94 valence electrons. The molecule has 0 fully saturated rings. The van der Waals surface area contributed by atoms with Crippen molar-refractivity contribution in [3.05, 3.63) is 36.8 Å². The van der Waals surface area contributed by atoms with Crippen molar-refractivity contribution in [2.45, 2.75) is 6.92 Å². The van der Waals surface area contributed by atoms with E-state index in [0.717, 1.165) is 25.1 Å². The summed E-state index contributed by atoms with van der Waals surface area (Å²) in [6, 6.07) is 5.81. The van der Waals surface area contributed by atoms with E-state index in [1.807, 2.05) is 18.2 Å². The number of carbonyl (C=O) groups is 1. The lowest BCUT2D eigenvalue weighted by molar-refractivity contribution is 0.0701. The molecule has 0 aliphatic carbocycles. The number of aryl methyl sites for hydroxylation is 1. The Bertz CT molecular complexity index is 615. The van der Waals surface area contributed by atoms with Crippen molar-refractivity contribution in [3.8, 4) is 0 Å². The van der Waals surface area contributed by atoms with Crippen LogP contribution < -0.4 is 5.32 Å². The minimum Gasteiger partial charge on any atom is -0.477 e. The third-order valence-electron chi connectivity index (χ3n) is 2.16. The number of carboxylic acids is 1. The highest BCUT2D eigenvalue weighted by molar-refractivity contribution is 14.1. The van der Waals surface area contributed by atoms with Crippen molar-refractivity contribution in [1.29, 1.82) is 0 Å². The van der Waals surface area contributed by atoms with E-state index < -0.39 is 5.97 Å². The molecule has 0 saturated carbocycles. The lowest BCUT2D eigenvalue weighted by atomic mass is 10.3. The summed E-state index contributed by atoms with van der Waals surface area (Å²) in [5, 5.41) is 12.6. The highest BCUT2D eigenvalue weighted by atomic mass is 127. The van der Waals surface area contributed by atoms with Crippen molar-refractivity contribution in [1.82, 2.24) is 4.98 Å². The second-order valence-corrected chi connectivity index (χ2v) is 6.51. The Morgan fingerprint density at radius 3 is 2.83 bits per heavy atom. The molecule has 0 saturated heterocycles. The molecule has 0 amide bonds. The zero-order valence-electron chi connectivity index (χ0n) is 9.20. The fourth-order valence-corrected chi connectivity index (χ4v) is 2.89. The molecule has 1 aromatic carbocycles. The quantitative estimate of drug-likeness (QED) is 0.703. The van der Waals surface area contributed by atoms with Gasteiger partial charge in [0.2, 0.25) is 0 Å². The predicted octanol–water partition coefficient (Wildman–Crippen LogP) is 4.26. The molecule has 4 nitrogen and oxygen atoms in total. The van der Waals surface area contributed by atoms with Gasteiger partial charge in [-0.2, -0.15) is 0 Å². The summed E-state index contributed by atoms with van der Waals surface area (Å²) in [5.74, 6) is -0.943. The lowest BCUT2D eigenvalue weighted by Gasteiger charge is -2.03. The van der Waals surface area contributed by atoms with Crippen LogP contribution in [0.4, 0.5) is 10.8 Å². The number of nitrogens with zero attached hydrogens (tertiary/aromatic N) is 1. The van der Waals surface area contributed by atoms with Gasteiger partial charge in [-0.1, -0.05) is 11.3 Å². The van der Waals surface area contributed by atoms with Gasteiger partial charge in [0.25, 0.3) is 0 Å². The first-order chi connectivity index (χ1) is 8.47. The van der Waals surface area contributed by atoms with Gasteiger partial charge >= 0.3 is 5.97 Å². The Morgan fingerprint density at radius 2 is 2.28 bits per heavy atom. The monoisotopic (exact) mass is 438 g/mol. The molecule has 2 aromatic rings. The van der Waals surface area contributed by atoms with Crippen molar-refractivity contribution in [3.63, 3.8) is 0 Å². The van der Waals surface area contributed by atoms with Gasteiger partial charge in [0.15, 0.2) is 5.13 Å². The SMILES string of the molecule is Cc1nc(Nc2ccc(I)c(Br)c2)sc1C(=O)O. The number of anilines is 2. The number of hydrogen-bond donors (Lipinski definition) is 2. The van der Waals surface area contributed by atoms with E-state index >= 15 is 0 Å². The van der Waals surface area contributed by atoms with Gasteiger partial charge in [0.1, 0.15) is 4.88 Å². The maximum atomic E-state index is 10.9. The maximum Gasteiger partial charge on any atom is 0.347 e. The van der Waals surface area contributed by atoms with E-state index in [2.05, 4.69) is 48.8 Å². The molecular formula is C11H8BrIN2O2S. The van der Waals surface area contributed by atoms with Gasteiger partial charge in [-0.25, -0.2) is 9.78 Å². The third-order valence-corrected chi connectivity index (χ3v) is 5.56. The summed E-state index contributed by atoms with van der Waals surface area (Å²) in [4.78, 5) is 15.4. The Labute approximate surface area is 130 Å². The summed E-state index contributed by atoms with van der Waals surface area (Å²) < 4.78 is 2.10. The number of halogens is 2. The van der Waals surface area contributed by atoms with Gasteiger partial charge in [-0.15, -0.1) is 0 Å². The van der Waals surface area contributed by atoms with Crippen molar-refractivity contribution < 1.29 is 9.90 Å². The Morgan fingerprint density at radius 1 is 1.56 bits per heavy atom. The number of thiazole rings is 1. The fourth-order valence-electron chi connectivity index (χ4n) is 1.35. The van der Waals surface area contributed by atoms with Crippen LogP contribution in [-0.4, -0.2) is 16.1 Å². The molecule has 0 unspecified atom stereocenters. The van der Waals surface area contributed by atoms with E-state index in [-0.39, 0.29) is 4.88 Å². The smallest absolute Gasteiger partial charge is 0.347 e. The van der Waals surface area contributed by atoms with Gasteiger partial charge in [0.05, 0.1) is 5.69 Å². The molecule has 0 spiro atoms. The molecule has 0 atom stereocenters. The lowest BCUT2D eigenvalue weighted by Crippen LogP contribution is -1.94. The summed E-state index contributed by atoms with van der Waals surface area (Å²) in [6.45, 7) is 1.69. The van der Waals surface area contributed by atoms with Crippen LogP contribution in [0.3, 0.4) is 0 Å². The summed E-state index contributed by atoms with van der Waals surface area (Å²) in [7, 11) is 0. The van der Waals surface area contributed by atoms with Gasteiger partial charge in [-0.3, -0.25) is 0 Å². The second kappa shape index (κ2) is 5.54. The fraction of sp³-hybridized carbons (Fsp3) is 0.0909. The number of rotatable bonds is 3. The highest BCUT2D eigenvalue weighted by Gasteiger charge is 2.14. The molecule has 18 heavy (non-hydrogen) atoms. The molecule has 1 aromatic heterocycles. The maximum absolute atomic E-state index is 10.9. The minimum atomic E-state index is -0.943. The van der Waals surface area contributed by atoms with E-state index in [0.29, 0.717) is 10.8 Å². The summed E-state index contributed by atoms with van der Waals surface area (Å²) in [5.41, 5.74) is 1.40. The average Bonchev–Trinajstić information content (AvgIpc) is 2.65. The van der Waals surface area contributed by atoms with Crippen LogP contribution in [-0.2, 0) is 0 Å². The molecular weight excluding hydrogens is 431 g/mol. The second-order valence-electron chi connectivity index (χ2n) is 3.49. The molecule has 0 bridgehead atoms. The van der Waals surface area contributed by atoms with Crippen molar-refractivity contribution in [2.24, 2.45) is 0 Å². The van der Waals surface area contributed by atoms with Gasteiger partial charge in [0, 0.05) is 13.7 Å². The van der Waals surface area contributed by atoms with Crippen LogP contribution in [0.15, 0.2) is 22.7 Å². The van der Waals surface area contributed by atoms with E-state index in [1.165, 1.54) is 0 Å². The molecule has 7 heteroatoms. The van der Waals surface area contributed by atoms with Gasteiger partial charge < -0.3 is 10.4 Å². The summed E-state index contributed by atoms with van der Waals surface area (Å²) in [6.07, 6.45) is 0. The molecule has 1 heterocycles. The van der Waals surface area contributed by atoms with Gasteiger partial charge in [-0.05, 0) is 63.6 Å².